The second kappa shape index (κ2) is 6.33. The zero-order valence-corrected chi connectivity index (χ0v) is 9.59. The highest BCUT2D eigenvalue weighted by molar-refractivity contribution is 6.32. The number of methoxy groups -OCH3 is 1. The lowest BCUT2D eigenvalue weighted by Gasteiger charge is -2.12. The van der Waals surface area contributed by atoms with Crippen molar-refractivity contribution in [2.24, 2.45) is 0 Å². The van der Waals surface area contributed by atoms with E-state index in [1.54, 1.807) is 0 Å². The quantitative estimate of drug-likeness (QED) is 0.572. The Labute approximate surface area is 98.1 Å². The molecule has 0 saturated carbocycles. The summed E-state index contributed by atoms with van der Waals surface area (Å²) in [5.74, 6) is 0.705. The molecule has 0 aliphatic carbocycles. The van der Waals surface area contributed by atoms with Crippen molar-refractivity contribution in [2.75, 3.05) is 20.4 Å². The molecule has 3 nitrogen and oxygen atoms in total. The summed E-state index contributed by atoms with van der Waals surface area (Å²) in [5, 5.41) is 0.278. The van der Waals surface area contributed by atoms with Gasteiger partial charge in [-0.2, -0.15) is 0 Å². The van der Waals surface area contributed by atoms with Gasteiger partial charge in [0.25, 0.3) is 0 Å². The summed E-state index contributed by atoms with van der Waals surface area (Å²) in [5.41, 5.74) is 0.402. The monoisotopic (exact) mass is 246 g/mol. The Bertz CT molecular complexity index is 368. The molecule has 5 heteroatoms. The molecule has 0 bridgehead atoms. The molecule has 0 aliphatic heterocycles. The van der Waals surface area contributed by atoms with E-state index in [9.17, 15) is 9.18 Å². The van der Waals surface area contributed by atoms with Gasteiger partial charge in [0.15, 0.2) is 11.5 Å². The molecule has 0 unspecified atom stereocenters. The van der Waals surface area contributed by atoms with E-state index in [0.29, 0.717) is 23.3 Å². The van der Waals surface area contributed by atoms with E-state index in [-0.39, 0.29) is 18.1 Å². The normalized spacial score (nSPS) is 9.94. The molecule has 0 fully saturated rings. The van der Waals surface area contributed by atoms with Crippen molar-refractivity contribution in [3.63, 3.8) is 0 Å². The van der Waals surface area contributed by atoms with Crippen LogP contribution >= 0.6 is 11.6 Å². The van der Waals surface area contributed by atoms with Gasteiger partial charge in [-0.3, -0.25) is 9.18 Å². The van der Waals surface area contributed by atoms with Gasteiger partial charge in [0.05, 0.1) is 25.4 Å². The third-order valence-electron chi connectivity index (χ3n) is 1.91. The first-order valence-corrected chi connectivity index (χ1v) is 5.12. The summed E-state index contributed by atoms with van der Waals surface area (Å²) in [6.45, 7) is -0.237. The Balaban J connectivity index is 2.92. The number of hydrogen-bond donors (Lipinski definition) is 0. The molecular formula is C11H12ClFO3. The molecule has 0 aliphatic rings. The van der Waals surface area contributed by atoms with Crippen LogP contribution in [0.4, 0.5) is 4.39 Å². The Morgan fingerprint density at radius 1 is 1.50 bits per heavy atom. The second-order valence-electron chi connectivity index (χ2n) is 3.04. The van der Waals surface area contributed by atoms with Crippen molar-refractivity contribution in [3.05, 3.63) is 22.7 Å². The molecule has 0 radical (unpaired) electrons. The average molecular weight is 247 g/mol. The molecule has 0 amide bonds. The molecule has 0 heterocycles. The van der Waals surface area contributed by atoms with Crippen molar-refractivity contribution in [2.45, 2.75) is 6.42 Å². The van der Waals surface area contributed by atoms with Gasteiger partial charge in [0, 0.05) is 12.0 Å². The van der Waals surface area contributed by atoms with Crippen LogP contribution in [-0.2, 0) is 0 Å². The van der Waals surface area contributed by atoms with E-state index in [1.165, 1.54) is 19.2 Å². The number of rotatable bonds is 6. The molecule has 1 aromatic carbocycles. The molecule has 0 spiro atoms. The van der Waals surface area contributed by atoms with Gasteiger partial charge in [-0.25, -0.2) is 0 Å². The van der Waals surface area contributed by atoms with Gasteiger partial charge >= 0.3 is 0 Å². The number of alkyl halides is 1. The first-order chi connectivity index (χ1) is 7.72. The van der Waals surface area contributed by atoms with Crippen molar-refractivity contribution in [1.82, 2.24) is 0 Å². The van der Waals surface area contributed by atoms with Gasteiger partial charge in [-0.05, 0) is 12.1 Å². The molecule has 0 atom stereocenters. The summed E-state index contributed by atoms with van der Waals surface area (Å²) in [6.07, 6.45) is 0.953. The van der Waals surface area contributed by atoms with Crippen molar-refractivity contribution >= 4 is 17.9 Å². The average Bonchev–Trinajstić information content (AvgIpc) is 2.30. The molecule has 0 aromatic heterocycles. The van der Waals surface area contributed by atoms with E-state index in [1.807, 2.05) is 0 Å². The van der Waals surface area contributed by atoms with Crippen LogP contribution in [0.5, 0.6) is 11.5 Å². The van der Waals surface area contributed by atoms with Crippen LogP contribution in [0.25, 0.3) is 0 Å². The summed E-state index contributed by atoms with van der Waals surface area (Å²) in [7, 11) is 1.45. The lowest BCUT2D eigenvalue weighted by atomic mass is 10.2. The highest BCUT2D eigenvalue weighted by Gasteiger charge is 2.11. The van der Waals surface area contributed by atoms with Gasteiger partial charge in [-0.1, -0.05) is 11.6 Å². The summed E-state index contributed by atoms with van der Waals surface area (Å²) in [6, 6.07) is 2.99. The van der Waals surface area contributed by atoms with Crippen molar-refractivity contribution in [3.8, 4) is 11.5 Å². The number of benzene rings is 1. The smallest absolute Gasteiger partial charge is 0.179 e. The van der Waals surface area contributed by atoms with Crippen molar-refractivity contribution in [1.29, 1.82) is 0 Å². The maximum Gasteiger partial charge on any atom is 0.179 e. The minimum atomic E-state index is -0.452. The summed E-state index contributed by atoms with van der Waals surface area (Å²) >= 11 is 5.91. The standard InChI is InChI=1S/C11H12ClFO3/c1-15-10-6-8(7-14)5-9(12)11(10)16-4-2-3-13/h5-7H,2-4H2,1H3. The molecule has 0 N–H and O–H groups in total. The first kappa shape index (κ1) is 12.8. The maximum absolute atomic E-state index is 11.9. The Morgan fingerprint density at radius 3 is 2.81 bits per heavy atom. The third-order valence-corrected chi connectivity index (χ3v) is 2.19. The predicted octanol–water partition coefficient (Wildman–Crippen LogP) is 2.90. The largest absolute Gasteiger partial charge is 0.493 e. The van der Waals surface area contributed by atoms with Gasteiger partial charge in [0.2, 0.25) is 0 Å². The number of halogens is 2. The Kier molecular flexibility index (Phi) is 5.05. The van der Waals surface area contributed by atoms with E-state index >= 15 is 0 Å². The lowest BCUT2D eigenvalue weighted by Crippen LogP contribution is -2.01. The zero-order valence-electron chi connectivity index (χ0n) is 8.83. The van der Waals surface area contributed by atoms with E-state index in [2.05, 4.69) is 0 Å². The Hall–Kier alpha value is -1.29. The highest BCUT2D eigenvalue weighted by Crippen LogP contribution is 2.36. The first-order valence-electron chi connectivity index (χ1n) is 4.74. The van der Waals surface area contributed by atoms with E-state index in [0.717, 1.165) is 0 Å². The number of hydrogen-bond acceptors (Lipinski definition) is 3. The Morgan fingerprint density at radius 2 is 2.25 bits per heavy atom. The van der Waals surface area contributed by atoms with E-state index < -0.39 is 6.67 Å². The number of carbonyl (C=O) groups is 1. The molecule has 1 rings (SSSR count). The third kappa shape index (κ3) is 3.10. The van der Waals surface area contributed by atoms with Crippen LogP contribution in [0.2, 0.25) is 5.02 Å². The highest BCUT2D eigenvalue weighted by atomic mass is 35.5. The fourth-order valence-electron chi connectivity index (χ4n) is 1.18. The molecular weight excluding hydrogens is 235 g/mol. The van der Waals surface area contributed by atoms with Crippen LogP contribution in [-0.4, -0.2) is 26.7 Å². The van der Waals surface area contributed by atoms with Crippen LogP contribution in [0, 0.1) is 0 Å². The number of carbonyl (C=O) groups excluding carboxylic acids is 1. The van der Waals surface area contributed by atoms with Crippen molar-refractivity contribution < 1.29 is 18.7 Å². The molecule has 1 aromatic rings. The van der Waals surface area contributed by atoms with Crippen LogP contribution < -0.4 is 9.47 Å². The van der Waals surface area contributed by atoms with Gasteiger partial charge in [-0.15, -0.1) is 0 Å². The minimum Gasteiger partial charge on any atom is -0.493 e. The second-order valence-corrected chi connectivity index (χ2v) is 3.45. The summed E-state index contributed by atoms with van der Waals surface area (Å²) < 4.78 is 22.2. The molecule has 16 heavy (non-hydrogen) atoms. The number of ether oxygens (including phenoxy) is 2. The van der Waals surface area contributed by atoms with Crippen LogP contribution in [0.1, 0.15) is 16.8 Å². The number of aldehydes is 1. The topological polar surface area (TPSA) is 35.5 Å². The summed E-state index contributed by atoms with van der Waals surface area (Å²) in [4.78, 5) is 10.6. The SMILES string of the molecule is COc1cc(C=O)cc(Cl)c1OCCCF. The van der Waals surface area contributed by atoms with Gasteiger partial charge in [0.1, 0.15) is 6.29 Å². The van der Waals surface area contributed by atoms with Gasteiger partial charge < -0.3 is 9.47 Å². The molecule has 0 saturated heterocycles. The van der Waals surface area contributed by atoms with Crippen LogP contribution in [0.3, 0.4) is 0 Å². The fourth-order valence-corrected chi connectivity index (χ4v) is 1.45. The predicted molar refractivity (Wildman–Crippen MR) is 59.5 cm³/mol. The maximum atomic E-state index is 11.9. The molecule has 88 valence electrons. The minimum absolute atomic E-state index is 0.215. The van der Waals surface area contributed by atoms with Crippen LogP contribution in [0.15, 0.2) is 12.1 Å². The zero-order chi connectivity index (χ0) is 12.0. The fraction of sp³-hybridized carbons (Fsp3) is 0.364. The van der Waals surface area contributed by atoms with E-state index in [4.69, 9.17) is 21.1 Å². The lowest BCUT2D eigenvalue weighted by molar-refractivity contribution is 0.112.